The Morgan fingerprint density at radius 2 is 2.46 bits per heavy atom. The summed E-state index contributed by atoms with van der Waals surface area (Å²) in [6.45, 7) is 2.14. The Morgan fingerprint density at radius 3 is 3.08 bits per heavy atom. The van der Waals surface area contributed by atoms with E-state index < -0.39 is 0 Å². The zero-order chi connectivity index (χ0) is 9.68. The molecule has 0 saturated heterocycles. The van der Waals surface area contributed by atoms with Crippen LogP contribution in [0.5, 0.6) is 0 Å². The van der Waals surface area contributed by atoms with Crippen LogP contribution in [0.15, 0.2) is 5.38 Å². The number of unbranched alkanes of at least 4 members (excludes halogenated alkanes) is 1. The van der Waals surface area contributed by atoms with Crippen LogP contribution in [0.1, 0.15) is 35.3 Å². The molecule has 2 nitrogen and oxygen atoms in total. The van der Waals surface area contributed by atoms with E-state index in [1.54, 1.807) is 16.7 Å². The van der Waals surface area contributed by atoms with Crippen LogP contribution in [0, 0.1) is 0 Å². The van der Waals surface area contributed by atoms with E-state index in [0.717, 1.165) is 24.3 Å². The highest BCUT2D eigenvalue weighted by Gasteiger charge is 2.08. The molecule has 1 aromatic heterocycles. The maximum absolute atomic E-state index is 11.1. The van der Waals surface area contributed by atoms with Gasteiger partial charge in [-0.1, -0.05) is 13.3 Å². The number of aryl methyl sites for hydroxylation is 1. The van der Waals surface area contributed by atoms with Crippen LogP contribution >= 0.6 is 22.9 Å². The van der Waals surface area contributed by atoms with E-state index in [1.807, 2.05) is 0 Å². The van der Waals surface area contributed by atoms with Crippen molar-refractivity contribution in [3.05, 3.63) is 16.1 Å². The predicted octanol–water partition coefficient (Wildman–Crippen LogP) is 2.91. The Kier molecular flexibility index (Phi) is 4.39. The standard InChI is InChI=1S/C9H12ClNOS/c1-2-3-4-9-11-7(6-13-9)8(12)5-10/h6H,2-5H2,1H3. The van der Waals surface area contributed by atoms with E-state index in [4.69, 9.17) is 11.6 Å². The summed E-state index contributed by atoms with van der Waals surface area (Å²) in [4.78, 5) is 15.3. The summed E-state index contributed by atoms with van der Waals surface area (Å²) in [6, 6.07) is 0. The average Bonchev–Trinajstić information content (AvgIpc) is 2.62. The minimum Gasteiger partial charge on any atom is -0.291 e. The number of nitrogens with zero attached hydrogens (tertiary/aromatic N) is 1. The van der Waals surface area contributed by atoms with Crippen LogP contribution in [-0.4, -0.2) is 16.6 Å². The van der Waals surface area contributed by atoms with E-state index in [9.17, 15) is 4.79 Å². The highest BCUT2D eigenvalue weighted by atomic mass is 35.5. The summed E-state index contributed by atoms with van der Waals surface area (Å²) in [7, 11) is 0. The number of hydrogen-bond donors (Lipinski definition) is 0. The maximum Gasteiger partial charge on any atom is 0.196 e. The number of hydrogen-bond acceptors (Lipinski definition) is 3. The van der Waals surface area contributed by atoms with Gasteiger partial charge in [-0.2, -0.15) is 0 Å². The van der Waals surface area contributed by atoms with Crippen molar-refractivity contribution in [2.45, 2.75) is 26.2 Å². The monoisotopic (exact) mass is 217 g/mol. The van der Waals surface area contributed by atoms with Crippen LogP contribution in [0.25, 0.3) is 0 Å². The molecular formula is C9H12ClNOS. The van der Waals surface area contributed by atoms with E-state index in [-0.39, 0.29) is 11.7 Å². The number of alkyl halides is 1. The van der Waals surface area contributed by atoms with Gasteiger partial charge in [-0.15, -0.1) is 22.9 Å². The summed E-state index contributed by atoms with van der Waals surface area (Å²) < 4.78 is 0. The van der Waals surface area contributed by atoms with Crippen molar-refractivity contribution in [2.75, 3.05) is 5.88 Å². The molecule has 0 unspecified atom stereocenters. The van der Waals surface area contributed by atoms with Gasteiger partial charge in [-0.3, -0.25) is 4.79 Å². The fourth-order valence-electron chi connectivity index (χ4n) is 0.950. The zero-order valence-electron chi connectivity index (χ0n) is 7.55. The summed E-state index contributed by atoms with van der Waals surface area (Å²) in [5, 5.41) is 2.82. The lowest BCUT2D eigenvalue weighted by Crippen LogP contribution is -2.00. The smallest absolute Gasteiger partial charge is 0.196 e. The fourth-order valence-corrected chi connectivity index (χ4v) is 1.93. The van der Waals surface area contributed by atoms with Gasteiger partial charge in [0.1, 0.15) is 5.69 Å². The lowest BCUT2D eigenvalue weighted by molar-refractivity contribution is 0.101. The molecule has 1 heterocycles. The van der Waals surface area contributed by atoms with Crippen molar-refractivity contribution < 1.29 is 4.79 Å². The number of halogens is 1. The number of Topliss-reactive ketones (excluding diaryl/α,β-unsaturated/α-hetero) is 1. The predicted molar refractivity (Wildman–Crippen MR) is 55.8 cm³/mol. The average molecular weight is 218 g/mol. The van der Waals surface area contributed by atoms with Crippen LogP contribution in [0.4, 0.5) is 0 Å². The molecule has 0 spiro atoms. The molecule has 0 radical (unpaired) electrons. The molecule has 0 atom stereocenters. The Balaban J connectivity index is 2.58. The van der Waals surface area contributed by atoms with Crippen molar-refractivity contribution in [3.8, 4) is 0 Å². The summed E-state index contributed by atoms with van der Waals surface area (Å²) in [5.74, 6) is -0.0580. The van der Waals surface area contributed by atoms with Gasteiger partial charge in [0.2, 0.25) is 0 Å². The molecule has 0 N–H and O–H groups in total. The number of ketones is 1. The molecule has 4 heteroatoms. The Bertz CT molecular complexity index is 285. The first-order valence-corrected chi connectivity index (χ1v) is 5.73. The van der Waals surface area contributed by atoms with E-state index in [0.29, 0.717) is 5.69 Å². The molecule has 0 aromatic carbocycles. The number of aromatic nitrogens is 1. The second-order valence-electron chi connectivity index (χ2n) is 2.79. The number of carbonyl (C=O) groups excluding carboxylic acids is 1. The second kappa shape index (κ2) is 5.35. The second-order valence-corrected chi connectivity index (χ2v) is 4.00. The SMILES string of the molecule is CCCCc1nc(C(=O)CCl)cs1. The van der Waals surface area contributed by atoms with Gasteiger partial charge in [-0.25, -0.2) is 4.98 Å². The lowest BCUT2D eigenvalue weighted by Gasteiger charge is -1.91. The third kappa shape index (κ3) is 3.08. The molecule has 1 aromatic rings. The Morgan fingerprint density at radius 1 is 1.69 bits per heavy atom. The summed E-state index contributed by atoms with van der Waals surface area (Å²) >= 11 is 6.96. The minimum atomic E-state index is -0.0827. The molecule has 0 fully saturated rings. The van der Waals surface area contributed by atoms with Crippen LogP contribution in [-0.2, 0) is 6.42 Å². The third-order valence-corrected chi connectivity index (χ3v) is 2.85. The maximum atomic E-state index is 11.1. The molecule has 0 saturated carbocycles. The van der Waals surface area contributed by atoms with E-state index in [1.165, 1.54) is 0 Å². The van der Waals surface area contributed by atoms with Crippen molar-refractivity contribution in [1.82, 2.24) is 4.98 Å². The van der Waals surface area contributed by atoms with Crippen molar-refractivity contribution >= 4 is 28.7 Å². The molecule has 0 aliphatic rings. The molecule has 72 valence electrons. The van der Waals surface area contributed by atoms with Crippen molar-refractivity contribution in [1.29, 1.82) is 0 Å². The number of thiazole rings is 1. The van der Waals surface area contributed by atoms with Gasteiger partial charge in [-0.05, 0) is 12.8 Å². The Hall–Kier alpha value is -0.410. The van der Waals surface area contributed by atoms with Crippen molar-refractivity contribution in [3.63, 3.8) is 0 Å². The largest absolute Gasteiger partial charge is 0.291 e. The first-order valence-electron chi connectivity index (χ1n) is 4.31. The topological polar surface area (TPSA) is 30.0 Å². The van der Waals surface area contributed by atoms with Gasteiger partial charge >= 0.3 is 0 Å². The summed E-state index contributed by atoms with van der Waals surface area (Å²) in [5.41, 5.74) is 0.520. The van der Waals surface area contributed by atoms with Gasteiger partial charge < -0.3 is 0 Å². The summed E-state index contributed by atoms with van der Waals surface area (Å²) in [6.07, 6.45) is 3.25. The molecule has 1 rings (SSSR count). The van der Waals surface area contributed by atoms with Gasteiger partial charge in [0.05, 0.1) is 10.9 Å². The minimum absolute atomic E-state index is 0.0248. The molecule has 0 aliphatic heterocycles. The normalized spacial score (nSPS) is 10.3. The molecule has 0 amide bonds. The van der Waals surface area contributed by atoms with Crippen molar-refractivity contribution in [2.24, 2.45) is 0 Å². The Labute approximate surface area is 86.9 Å². The molecular weight excluding hydrogens is 206 g/mol. The third-order valence-electron chi connectivity index (χ3n) is 1.70. The fraction of sp³-hybridized carbons (Fsp3) is 0.556. The first-order chi connectivity index (χ1) is 6.27. The highest BCUT2D eigenvalue weighted by Crippen LogP contribution is 2.13. The number of carbonyl (C=O) groups is 1. The molecule has 0 bridgehead atoms. The molecule has 0 aliphatic carbocycles. The lowest BCUT2D eigenvalue weighted by atomic mass is 10.2. The van der Waals surface area contributed by atoms with Gasteiger partial charge in [0.15, 0.2) is 5.78 Å². The quantitative estimate of drug-likeness (QED) is 0.561. The number of rotatable bonds is 5. The van der Waals surface area contributed by atoms with Gasteiger partial charge in [0, 0.05) is 5.38 Å². The van der Waals surface area contributed by atoms with Crippen LogP contribution < -0.4 is 0 Å². The molecule has 13 heavy (non-hydrogen) atoms. The van der Waals surface area contributed by atoms with Crippen LogP contribution in [0.2, 0.25) is 0 Å². The first kappa shape index (κ1) is 10.7. The zero-order valence-corrected chi connectivity index (χ0v) is 9.12. The van der Waals surface area contributed by atoms with E-state index >= 15 is 0 Å². The van der Waals surface area contributed by atoms with Crippen LogP contribution in [0.3, 0.4) is 0 Å². The van der Waals surface area contributed by atoms with Gasteiger partial charge in [0.25, 0.3) is 0 Å². The van der Waals surface area contributed by atoms with E-state index in [2.05, 4.69) is 11.9 Å². The highest BCUT2D eigenvalue weighted by molar-refractivity contribution is 7.09.